The van der Waals surface area contributed by atoms with Crippen molar-refractivity contribution < 1.29 is 9.53 Å². The van der Waals surface area contributed by atoms with Crippen LogP contribution in [0.1, 0.15) is 26.2 Å². The molecule has 1 saturated heterocycles. The second-order valence-corrected chi connectivity index (χ2v) is 7.59. The summed E-state index contributed by atoms with van der Waals surface area (Å²) in [7, 11) is 1.65. The molecule has 29 heavy (non-hydrogen) atoms. The van der Waals surface area contributed by atoms with Crippen LogP contribution < -0.4 is 10.1 Å². The average molecular weight is 393 g/mol. The maximum atomic E-state index is 12.6. The van der Waals surface area contributed by atoms with Crippen molar-refractivity contribution in [3.8, 4) is 17.0 Å². The molecular weight excluding hydrogens is 366 g/mol. The van der Waals surface area contributed by atoms with Crippen LogP contribution in [0.15, 0.2) is 42.9 Å². The smallest absolute Gasteiger partial charge is 0.224 e. The quantitative estimate of drug-likeness (QED) is 0.694. The van der Waals surface area contributed by atoms with Crippen molar-refractivity contribution in [2.45, 2.75) is 26.2 Å². The number of fused-ring (bicyclic) bond motifs is 1. The van der Waals surface area contributed by atoms with E-state index in [1.165, 1.54) is 0 Å². The van der Waals surface area contributed by atoms with Crippen molar-refractivity contribution in [2.24, 2.45) is 5.92 Å². The monoisotopic (exact) mass is 393 g/mol. The molecule has 1 aromatic carbocycles. The molecule has 1 N–H and O–H groups in total. The predicted molar refractivity (Wildman–Crippen MR) is 113 cm³/mol. The van der Waals surface area contributed by atoms with Crippen molar-refractivity contribution in [1.82, 2.24) is 19.3 Å². The van der Waals surface area contributed by atoms with E-state index in [0.717, 1.165) is 60.3 Å². The molecule has 0 bridgehead atoms. The maximum Gasteiger partial charge on any atom is 0.224 e. The summed E-state index contributed by atoms with van der Waals surface area (Å²) in [4.78, 5) is 23.5. The van der Waals surface area contributed by atoms with Crippen molar-refractivity contribution in [3.05, 3.63) is 42.9 Å². The first-order valence-electron chi connectivity index (χ1n) is 10.1. The number of aromatic nitrogens is 3. The van der Waals surface area contributed by atoms with Crippen LogP contribution in [0.2, 0.25) is 0 Å². The number of benzene rings is 1. The molecule has 1 aliphatic rings. The Morgan fingerprint density at radius 1 is 1.31 bits per heavy atom. The van der Waals surface area contributed by atoms with Gasteiger partial charge in [0.15, 0.2) is 5.65 Å². The van der Waals surface area contributed by atoms with Gasteiger partial charge in [-0.15, -0.1) is 0 Å². The molecule has 7 heteroatoms. The fraction of sp³-hybridized carbons (Fsp3) is 0.409. The predicted octanol–water partition coefficient (Wildman–Crippen LogP) is 3.47. The summed E-state index contributed by atoms with van der Waals surface area (Å²) in [5, 5.41) is 3.44. The van der Waals surface area contributed by atoms with Gasteiger partial charge in [0, 0.05) is 44.0 Å². The Morgan fingerprint density at radius 2 is 2.14 bits per heavy atom. The highest BCUT2D eigenvalue weighted by Gasteiger charge is 2.20. The Balaban J connectivity index is 1.52. The summed E-state index contributed by atoms with van der Waals surface area (Å²) in [6, 6.07) is 7.82. The van der Waals surface area contributed by atoms with E-state index in [1.54, 1.807) is 19.5 Å². The van der Waals surface area contributed by atoms with Crippen LogP contribution in [0.3, 0.4) is 0 Å². The van der Waals surface area contributed by atoms with Crippen molar-refractivity contribution in [3.63, 3.8) is 0 Å². The molecule has 1 aliphatic heterocycles. The molecule has 3 aromatic rings. The van der Waals surface area contributed by atoms with E-state index in [-0.39, 0.29) is 5.91 Å². The van der Waals surface area contributed by atoms with Gasteiger partial charge in [0.2, 0.25) is 5.91 Å². The second kappa shape index (κ2) is 8.51. The summed E-state index contributed by atoms with van der Waals surface area (Å²) in [6.45, 7) is 4.55. The van der Waals surface area contributed by atoms with Gasteiger partial charge in [0.25, 0.3) is 0 Å². The molecule has 152 valence electrons. The topological polar surface area (TPSA) is 71.8 Å². The number of piperidine rings is 1. The molecule has 0 spiro atoms. The molecule has 4 rings (SSSR count). The largest absolute Gasteiger partial charge is 0.497 e. The third-order valence-corrected chi connectivity index (χ3v) is 5.54. The average Bonchev–Trinajstić information content (AvgIpc) is 3.13. The molecule has 0 unspecified atom stereocenters. The van der Waals surface area contributed by atoms with Crippen LogP contribution in [-0.2, 0) is 4.79 Å². The Labute approximate surface area is 170 Å². The van der Waals surface area contributed by atoms with E-state index in [1.807, 2.05) is 39.8 Å². The SMILES string of the molecule is COc1cccc(-c2nc3cnccn3c2NCCC(=O)N2CCC(C)CC2)c1. The van der Waals surface area contributed by atoms with E-state index < -0.39 is 0 Å². The minimum absolute atomic E-state index is 0.211. The molecule has 2 aromatic heterocycles. The van der Waals surface area contributed by atoms with Gasteiger partial charge in [0.05, 0.1) is 13.3 Å². The van der Waals surface area contributed by atoms with Crippen LogP contribution in [0.25, 0.3) is 16.9 Å². The van der Waals surface area contributed by atoms with Crippen LogP contribution >= 0.6 is 0 Å². The maximum absolute atomic E-state index is 12.6. The number of methoxy groups -OCH3 is 1. The minimum Gasteiger partial charge on any atom is -0.497 e. The molecule has 0 atom stereocenters. The zero-order valence-electron chi connectivity index (χ0n) is 17.0. The fourth-order valence-corrected chi connectivity index (χ4v) is 3.75. The number of carbonyl (C=O) groups excluding carboxylic acids is 1. The number of hydrogen-bond acceptors (Lipinski definition) is 5. The normalized spacial score (nSPS) is 14.9. The second-order valence-electron chi connectivity index (χ2n) is 7.59. The lowest BCUT2D eigenvalue weighted by molar-refractivity contribution is -0.132. The number of nitrogens with zero attached hydrogens (tertiary/aromatic N) is 4. The Kier molecular flexibility index (Phi) is 5.64. The van der Waals surface area contributed by atoms with E-state index in [2.05, 4.69) is 17.2 Å². The van der Waals surface area contributed by atoms with Crippen LogP contribution in [0.5, 0.6) is 5.75 Å². The lowest BCUT2D eigenvalue weighted by Crippen LogP contribution is -2.38. The summed E-state index contributed by atoms with van der Waals surface area (Å²) < 4.78 is 7.33. The summed E-state index contributed by atoms with van der Waals surface area (Å²) in [6.07, 6.45) is 8.00. The first-order chi connectivity index (χ1) is 14.2. The lowest BCUT2D eigenvalue weighted by atomic mass is 9.99. The summed E-state index contributed by atoms with van der Waals surface area (Å²) >= 11 is 0. The van der Waals surface area contributed by atoms with E-state index in [0.29, 0.717) is 13.0 Å². The van der Waals surface area contributed by atoms with Gasteiger partial charge in [-0.3, -0.25) is 14.2 Å². The number of hydrogen-bond donors (Lipinski definition) is 1. The number of imidazole rings is 1. The number of anilines is 1. The molecule has 0 aliphatic carbocycles. The molecule has 7 nitrogen and oxygen atoms in total. The lowest BCUT2D eigenvalue weighted by Gasteiger charge is -2.30. The van der Waals surface area contributed by atoms with Crippen LogP contribution in [0, 0.1) is 5.92 Å². The summed E-state index contributed by atoms with van der Waals surface area (Å²) in [5.74, 6) is 2.56. The van der Waals surface area contributed by atoms with Gasteiger partial charge < -0.3 is 15.0 Å². The van der Waals surface area contributed by atoms with Gasteiger partial charge in [-0.2, -0.15) is 0 Å². The minimum atomic E-state index is 0.211. The van der Waals surface area contributed by atoms with E-state index in [9.17, 15) is 4.79 Å². The van der Waals surface area contributed by atoms with E-state index in [4.69, 9.17) is 9.72 Å². The number of rotatable bonds is 6. The van der Waals surface area contributed by atoms with Crippen LogP contribution in [0.4, 0.5) is 5.82 Å². The molecule has 1 amide bonds. The molecule has 1 fully saturated rings. The van der Waals surface area contributed by atoms with Gasteiger partial charge in [-0.25, -0.2) is 4.98 Å². The molecular formula is C22H27N5O2. The number of amides is 1. The highest BCUT2D eigenvalue weighted by atomic mass is 16.5. The zero-order valence-corrected chi connectivity index (χ0v) is 17.0. The number of carbonyl (C=O) groups is 1. The van der Waals surface area contributed by atoms with Gasteiger partial charge in [-0.05, 0) is 30.9 Å². The first kappa shape index (κ1) is 19.2. The molecule has 3 heterocycles. The van der Waals surface area contributed by atoms with Crippen molar-refractivity contribution in [1.29, 1.82) is 0 Å². The molecule has 0 saturated carbocycles. The highest BCUT2D eigenvalue weighted by molar-refractivity contribution is 5.79. The Morgan fingerprint density at radius 3 is 2.93 bits per heavy atom. The summed E-state index contributed by atoms with van der Waals surface area (Å²) in [5.41, 5.74) is 2.52. The Bertz CT molecular complexity index is 992. The molecule has 0 radical (unpaired) electrons. The third-order valence-electron chi connectivity index (χ3n) is 5.54. The number of nitrogens with one attached hydrogen (secondary N) is 1. The fourth-order valence-electron chi connectivity index (χ4n) is 3.75. The number of likely N-dealkylation sites (tertiary alicyclic amines) is 1. The first-order valence-corrected chi connectivity index (χ1v) is 10.1. The highest BCUT2D eigenvalue weighted by Crippen LogP contribution is 2.30. The van der Waals surface area contributed by atoms with E-state index >= 15 is 0 Å². The van der Waals surface area contributed by atoms with Gasteiger partial charge >= 0.3 is 0 Å². The number of ether oxygens (including phenoxy) is 1. The zero-order chi connectivity index (χ0) is 20.2. The third kappa shape index (κ3) is 4.18. The van der Waals surface area contributed by atoms with Gasteiger partial charge in [0.1, 0.15) is 17.3 Å². The Hall–Kier alpha value is -3.09. The van der Waals surface area contributed by atoms with Crippen LogP contribution in [-0.4, -0.2) is 51.9 Å². The van der Waals surface area contributed by atoms with Gasteiger partial charge in [-0.1, -0.05) is 19.1 Å². The van der Waals surface area contributed by atoms with Crippen molar-refractivity contribution in [2.75, 3.05) is 32.1 Å². The van der Waals surface area contributed by atoms with Crippen molar-refractivity contribution >= 4 is 17.4 Å². The standard InChI is InChI=1S/C22H27N5O2/c1-16-7-11-26(12-8-16)20(28)6-9-24-22-21(17-4-3-5-18(14-17)29-2)25-19-15-23-10-13-27(19)22/h3-5,10,13-16,24H,6-9,11-12H2,1-2H3.